The third-order valence-electron chi connectivity index (χ3n) is 3.14. The third-order valence-corrected chi connectivity index (χ3v) is 3.14. The first-order chi connectivity index (χ1) is 9.16. The van der Waals surface area contributed by atoms with Crippen LogP contribution >= 0.6 is 0 Å². The minimum Gasteiger partial charge on any atom is -0.325 e. The number of rotatable bonds is 3. The molecule has 3 nitrogen and oxygen atoms in total. The number of halogens is 3. The maximum Gasteiger partial charge on any atom is 0.416 e. The normalized spacial score (nSPS) is 12.9. The van der Waals surface area contributed by atoms with Gasteiger partial charge in [-0.15, -0.1) is 0 Å². The number of anilines is 1. The van der Waals surface area contributed by atoms with Gasteiger partial charge in [0.25, 0.3) is 0 Å². The number of carbonyl (C=O) groups is 1. The van der Waals surface area contributed by atoms with Crippen molar-refractivity contribution in [3.8, 4) is 6.07 Å². The molecule has 0 saturated carbocycles. The summed E-state index contributed by atoms with van der Waals surface area (Å²) in [5.74, 6) is -0.532. The molecule has 1 unspecified atom stereocenters. The number of alkyl halides is 3. The van der Waals surface area contributed by atoms with Gasteiger partial charge in [-0.3, -0.25) is 4.79 Å². The highest BCUT2D eigenvalue weighted by atomic mass is 19.4. The van der Waals surface area contributed by atoms with E-state index in [0.29, 0.717) is 0 Å². The topological polar surface area (TPSA) is 52.9 Å². The van der Waals surface area contributed by atoms with Crippen LogP contribution in [0.4, 0.5) is 18.9 Å². The fourth-order valence-corrected chi connectivity index (χ4v) is 1.47. The van der Waals surface area contributed by atoms with E-state index in [2.05, 4.69) is 5.32 Å². The van der Waals surface area contributed by atoms with Gasteiger partial charge in [0.05, 0.1) is 16.8 Å². The summed E-state index contributed by atoms with van der Waals surface area (Å²) in [5, 5.41) is 11.4. The molecule has 0 radical (unpaired) electrons. The van der Waals surface area contributed by atoms with Gasteiger partial charge in [-0.2, -0.15) is 18.4 Å². The lowest BCUT2D eigenvalue weighted by atomic mass is 9.97. The van der Waals surface area contributed by atoms with E-state index in [1.165, 1.54) is 0 Å². The summed E-state index contributed by atoms with van der Waals surface area (Å²) in [6, 6.07) is 4.35. The molecule has 1 aromatic rings. The Morgan fingerprint density at radius 2 is 1.90 bits per heavy atom. The Bertz CT molecular complexity index is 544. The van der Waals surface area contributed by atoms with E-state index < -0.39 is 11.7 Å². The fraction of sp³-hybridized carbons (Fsp3) is 0.429. The fourth-order valence-electron chi connectivity index (χ4n) is 1.47. The van der Waals surface area contributed by atoms with Crippen LogP contribution in [0.5, 0.6) is 0 Å². The van der Waals surface area contributed by atoms with E-state index in [-0.39, 0.29) is 29.0 Å². The van der Waals surface area contributed by atoms with Gasteiger partial charge in [0.1, 0.15) is 6.07 Å². The number of hydrogen-bond donors (Lipinski definition) is 1. The molecule has 1 amide bonds. The summed E-state index contributed by atoms with van der Waals surface area (Å²) in [7, 11) is 0. The van der Waals surface area contributed by atoms with Crippen molar-refractivity contribution in [2.75, 3.05) is 5.32 Å². The van der Waals surface area contributed by atoms with E-state index in [9.17, 15) is 18.0 Å². The highest BCUT2D eigenvalue weighted by molar-refractivity contribution is 5.93. The summed E-state index contributed by atoms with van der Waals surface area (Å²) in [6.45, 7) is 5.44. The standard InChI is InChI=1S/C14H15F3N2O/c1-8(2)9(3)13(20)19-12-5-4-11(14(15,16)17)6-10(12)7-18/h4-6,8-9H,1-3H3,(H,19,20). The molecule has 0 aliphatic heterocycles. The zero-order chi connectivity index (χ0) is 15.5. The van der Waals surface area contributed by atoms with Gasteiger partial charge in [0, 0.05) is 5.92 Å². The summed E-state index contributed by atoms with van der Waals surface area (Å²) < 4.78 is 37.6. The molecule has 0 aliphatic carbocycles. The number of nitriles is 1. The van der Waals surface area contributed by atoms with Gasteiger partial charge in [-0.1, -0.05) is 20.8 Å². The molecule has 108 valence electrons. The highest BCUT2D eigenvalue weighted by Crippen LogP contribution is 2.31. The van der Waals surface area contributed by atoms with E-state index in [1.54, 1.807) is 13.0 Å². The SMILES string of the molecule is CC(C)C(C)C(=O)Nc1ccc(C(F)(F)F)cc1C#N. The monoisotopic (exact) mass is 284 g/mol. The van der Waals surface area contributed by atoms with Gasteiger partial charge in [0.2, 0.25) is 5.91 Å². The van der Waals surface area contributed by atoms with Crippen molar-refractivity contribution in [3.63, 3.8) is 0 Å². The second-order valence-electron chi connectivity index (χ2n) is 4.89. The van der Waals surface area contributed by atoms with Crippen LogP contribution in [0, 0.1) is 23.2 Å². The zero-order valence-electron chi connectivity index (χ0n) is 11.4. The van der Waals surface area contributed by atoms with Gasteiger partial charge >= 0.3 is 6.18 Å². The molecule has 0 bridgehead atoms. The van der Waals surface area contributed by atoms with E-state index in [4.69, 9.17) is 5.26 Å². The summed E-state index contributed by atoms with van der Waals surface area (Å²) in [5.41, 5.74) is -1.02. The van der Waals surface area contributed by atoms with E-state index >= 15 is 0 Å². The number of nitrogens with zero attached hydrogens (tertiary/aromatic N) is 1. The zero-order valence-corrected chi connectivity index (χ0v) is 11.4. The first kappa shape index (κ1) is 16.0. The molecule has 1 rings (SSSR count). The van der Waals surface area contributed by atoms with Crippen LogP contribution in [-0.2, 0) is 11.0 Å². The number of benzene rings is 1. The van der Waals surface area contributed by atoms with Crippen molar-refractivity contribution in [2.45, 2.75) is 26.9 Å². The van der Waals surface area contributed by atoms with Crippen molar-refractivity contribution in [1.82, 2.24) is 0 Å². The third kappa shape index (κ3) is 3.73. The maximum absolute atomic E-state index is 12.5. The number of hydrogen-bond acceptors (Lipinski definition) is 2. The Hall–Kier alpha value is -2.03. The second-order valence-corrected chi connectivity index (χ2v) is 4.89. The molecule has 0 spiro atoms. The van der Waals surface area contributed by atoms with Crippen LogP contribution < -0.4 is 5.32 Å². The first-order valence-electron chi connectivity index (χ1n) is 6.09. The molecule has 6 heteroatoms. The Morgan fingerprint density at radius 1 is 1.30 bits per heavy atom. The molecule has 0 saturated heterocycles. The van der Waals surface area contributed by atoms with Gasteiger partial charge in [-0.05, 0) is 24.1 Å². The summed E-state index contributed by atoms with van der Waals surface area (Å²) in [4.78, 5) is 11.9. The molecule has 0 heterocycles. The van der Waals surface area contributed by atoms with Crippen LogP contribution in [-0.4, -0.2) is 5.91 Å². The van der Waals surface area contributed by atoms with Crippen molar-refractivity contribution < 1.29 is 18.0 Å². The van der Waals surface area contributed by atoms with Gasteiger partial charge < -0.3 is 5.32 Å². The van der Waals surface area contributed by atoms with Crippen LogP contribution in [0.2, 0.25) is 0 Å². The molecule has 0 aromatic heterocycles. The first-order valence-corrected chi connectivity index (χ1v) is 6.09. The minimum atomic E-state index is -4.51. The molecular formula is C14H15F3N2O. The maximum atomic E-state index is 12.5. The van der Waals surface area contributed by atoms with Crippen LogP contribution in [0.25, 0.3) is 0 Å². The lowest BCUT2D eigenvalue weighted by Crippen LogP contribution is -2.24. The molecule has 1 aromatic carbocycles. The molecule has 20 heavy (non-hydrogen) atoms. The Morgan fingerprint density at radius 3 is 2.35 bits per heavy atom. The molecule has 0 aliphatic rings. The van der Waals surface area contributed by atoms with Crippen molar-refractivity contribution in [3.05, 3.63) is 29.3 Å². The Balaban J connectivity index is 3.04. The average molecular weight is 284 g/mol. The lowest BCUT2D eigenvalue weighted by molar-refractivity contribution is -0.137. The smallest absolute Gasteiger partial charge is 0.325 e. The number of amides is 1. The molecule has 1 atom stereocenters. The molecule has 1 N–H and O–H groups in total. The average Bonchev–Trinajstić information content (AvgIpc) is 2.36. The van der Waals surface area contributed by atoms with Crippen molar-refractivity contribution in [1.29, 1.82) is 5.26 Å². The van der Waals surface area contributed by atoms with Crippen LogP contribution in [0.1, 0.15) is 31.9 Å². The predicted molar refractivity (Wildman–Crippen MR) is 68.8 cm³/mol. The summed E-state index contributed by atoms with van der Waals surface area (Å²) in [6.07, 6.45) is -4.51. The van der Waals surface area contributed by atoms with Gasteiger partial charge in [0.15, 0.2) is 0 Å². The highest BCUT2D eigenvalue weighted by Gasteiger charge is 2.31. The van der Waals surface area contributed by atoms with Gasteiger partial charge in [-0.25, -0.2) is 0 Å². The minimum absolute atomic E-state index is 0.0926. The van der Waals surface area contributed by atoms with Crippen molar-refractivity contribution in [2.24, 2.45) is 11.8 Å². The molecular weight excluding hydrogens is 269 g/mol. The quantitative estimate of drug-likeness (QED) is 0.917. The Labute approximate surface area is 115 Å². The van der Waals surface area contributed by atoms with Crippen molar-refractivity contribution >= 4 is 11.6 Å². The number of carbonyl (C=O) groups excluding carboxylic acids is 1. The Kier molecular flexibility index (Phi) is 4.77. The van der Waals surface area contributed by atoms with E-state index in [0.717, 1.165) is 18.2 Å². The number of nitrogens with one attached hydrogen (secondary N) is 1. The second kappa shape index (κ2) is 5.95. The van der Waals surface area contributed by atoms with E-state index in [1.807, 2.05) is 13.8 Å². The van der Waals surface area contributed by atoms with Crippen LogP contribution in [0.3, 0.4) is 0 Å². The lowest BCUT2D eigenvalue weighted by Gasteiger charge is -2.16. The summed E-state index contributed by atoms with van der Waals surface area (Å²) >= 11 is 0. The largest absolute Gasteiger partial charge is 0.416 e. The molecule has 0 fully saturated rings. The van der Waals surface area contributed by atoms with Crippen LogP contribution in [0.15, 0.2) is 18.2 Å². The predicted octanol–water partition coefficient (Wildman–Crippen LogP) is 3.81.